The van der Waals surface area contributed by atoms with Gasteiger partial charge in [-0.1, -0.05) is 29.8 Å². The van der Waals surface area contributed by atoms with E-state index in [0.717, 1.165) is 18.3 Å². The van der Waals surface area contributed by atoms with E-state index in [1.54, 1.807) is 7.11 Å². The molecule has 0 amide bonds. The zero-order chi connectivity index (χ0) is 11.7. The van der Waals surface area contributed by atoms with Gasteiger partial charge >= 0.3 is 0 Å². The van der Waals surface area contributed by atoms with Crippen LogP contribution in [0.2, 0.25) is 0 Å². The minimum atomic E-state index is 0.259. The highest BCUT2D eigenvalue weighted by Crippen LogP contribution is 2.37. The van der Waals surface area contributed by atoms with Crippen LogP contribution in [0.5, 0.6) is 0 Å². The van der Waals surface area contributed by atoms with Crippen molar-refractivity contribution in [3.63, 3.8) is 0 Å². The highest BCUT2D eigenvalue weighted by atomic mass is 79.9. The van der Waals surface area contributed by atoms with Gasteiger partial charge in [-0.05, 0) is 37.5 Å². The lowest BCUT2D eigenvalue weighted by Crippen LogP contribution is -2.52. The number of alkyl halides is 1. The predicted molar refractivity (Wildman–Crippen MR) is 69.0 cm³/mol. The van der Waals surface area contributed by atoms with Crippen LogP contribution in [0.4, 0.5) is 0 Å². The molecule has 94 valence electrons. The average Bonchev–Trinajstić information content (AvgIpc) is 2.23. The number of methoxy groups -OCH3 is 1. The van der Waals surface area contributed by atoms with Gasteiger partial charge in [-0.25, -0.2) is 0 Å². The number of rotatable bonds is 3. The van der Waals surface area contributed by atoms with Crippen LogP contribution in [0.15, 0.2) is 0 Å². The van der Waals surface area contributed by atoms with Gasteiger partial charge in [0.2, 0.25) is 0 Å². The summed E-state index contributed by atoms with van der Waals surface area (Å²) in [7, 11) is 1.78. The van der Waals surface area contributed by atoms with Crippen molar-refractivity contribution in [3.8, 4) is 0 Å². The predicted octanol–water partition coefficient (Wildman–Crippen LogP) is 3.38. The first kappa shape index (κ1) is 12.8. The Labute approximate surface area is 107 Å². The van der Waals surface area contributed by atoms with Gasteiger partial charge in [0.15, 0.2) is 0 Å². The lowest BCUT2D eigenvalue weighted by atomic mass is 9.80. The fourth-order valence-electron chi connectivity index (χ4n) is 2.83. The second kappa shape index (κ2) is 5.36. The molecule has 2 fully saturated rings. The number of halogens is 1. The molecule has 2 rings (SSSR count). The second-order valence-corrected chi connectivity index (χ2v) is 6.69. The summed E-state index contributed by atoms with van der Waals surface area (Å²) < 4.78 is 11.6. The fourth-order valence-corrected chi connectivity index (χ4v) is 3.75. The Morgan fingerprint density at radius 3 is 2.38 bits per heavy atom. The van der Waals surface area contributed by atoms with Gasteiger partial charge in [0.25, 0.3) is 0 Å². The zero-order valence-electron chi connectivity index (χ0n) is 10.5. The first-order valence-corrected chi connectivity index (χ1v) is 7.35. The van der Waals surface area contributed by atoms with Gasteiger partial charge in [0, 0.05) is 11.9 Å². The third kappa shape index (κ3) is 2.62. The number of hydrogen-bond donors (Lipinski definition) is 0. The average molecular weight is 291 g/mol. The van der Waals surface area contributed by atoms with Crippen LogP contribution in [-0.4, -0.2) is 30.2 Å². The van der Waals surface area contributed by atoms with Gasteiger partial charge < -0.3 is 9.47 Å². The van der Waals surface area contributed by atoms with Crippen molar-refractivity contribution < 1.29 is 9.47 Å². The van der Waals surface area contributed by atoms with E-state index in [1.807, 2.05) is 0 Å². The van der Waals surface area contributed by atoms with Crippen molar-refractivity contribution in [1.29, 1.82) is 0 Å². The van der Waals surface area contributed by atoms with Crippen molar-refractivity contribution in [2.75, 3.05) is 7.11 Å². The Balaban J connectivity index is 1.78. The first-order chi connectivity index (χ1) is 7.61. The SMILES string of the molecule is COC1C(Br)CC1OC1CCC(C)C(C)C1. The molecule has 16 heavy (non-hydrogen) atoms. The maximum Gasteiger partial charge on any atom is 0.0958 e. The molecule has 2 aliphatic rings. The van der Waals surface area contributed by atoms with Crippen molar-refractivity contribution in [3.05, 3.63) is 0 Å². The minimum Gasteiger partial charge on any atom is -0.378 e. The van der Waals surface area contributed by atoms with Crippen LogP contribution >= 0.6 is 15.9 Å². The molecular weight excluding hydrogens is 268 g/mol. The molecule has 0 radical (unpaired) electrons. The summed E-state index contributed by atoms with van der Waals surface area (Å²) in [5.74, 6) is 1.67. The zero-order valence-corrected chi connectivity index (χ0v) is 12.1. The van der Waals surface area contributed by atoms with E-state index in [9.17, 15) is 0 Å². The molecule has 2 saturated carbocycles. The largest absolute Gasteiger partial charge is 0.378 e. The lowest BCUT2D eigenvalue weighted by Gasteiger charge is -2.43. The Hall–Kier alpha value is 0.400. The third-order valence-corrected chi connectivity index (χ3v) is 5.26. The highest BCUT2D eigenvalue weighted by molar-refractivity contribution is 9.09. The molecule has 0 saturated heterocycles. The van der Waals surface area contributed by atoms with Crippen LogP contribution in [0.25, 0.3) is 0 Å². The molecule has 6 unspecified atom stereocenters. The Morgan fingerprint density at radius 2 is 1.81 bits per heavy atom. The maximum absolute atomic E-state index is 6.16. The summed E-state index contributed by atoms with van der Waals surface area (Å²) in [6.07, 6.45) is 5.91. The summed E-state index contributed by atoms with van der Waals surface area (Å²) in [5, 5.41) is 0. The maximum atomic E-state index is 6.16. The van der Waals surface area contributed by atoms with E-state index in [4.69, 9.17) is 9.47 Å². The molecule has 0 N–H and O–H groups in total. The van der Waals surface area contributed by atoms with Crippen molar-refractivity contribution in [2.24, 2.45) is 11.8 Å². The summed E-state index contributed by atoms with van der Waals surface area (Å²) in [4.78, 5) is 0.488. The quantitative estimate of drug-likeness (QED) is 0.742. The molecule has 0 aromatic rings. The van der Waals surface area contributed by atoms with Gasteiger partial charge in [-0.3, -0.25) is 0 Å². The van der Waals surface area contributed by atoms with Crippen LogP contribution in [-0.2, 0) is 9.47 Å². The smallest absolute Gasteiger partial charge is 0.0958 e. The molecule has 0 aliphatic heterocycles. The number of ether oxygens (including phenoxy) is 2. The Morgan fingerprint density at radius 1 is 1.06 bits per heavy atom. The summed E-state index contributed by atoms with van der Waals surface area (Å²) in [6.45, 7) is 4.71. The standard InChI is InChI=1S/C13H23BrO2/c1-8-4-5-10(6-9(8)2)16-12-7-11(14)13(12)15-3/h8-13H,4-7H2,1-3H3. The first-order valence-electron chi connectivity index (χ1n) is 6.44. The van der Waals surface area contributed by atoms with Gasteiger partial charge in [0.1, 0.15) is 0 Å². The summed E-state index contributed by atoms with van der Waals surface area (Å²) >= 11 is 3.61. The lowest BCUT2D eigenvalue weighted by molar-refractivity contribution is -0.146. The molecule has 0 heterocycles. The third-order valence-electron chi connectivity index (χ3n) is 4.37. The van der Waals surface area contributed by atoms with Gasteiger partial charge in [0.05, 0.1) is 18.3 Å². The van der Waals surface area contributed by atoms with E-state index in [2.05, 4.69) is 29.8 Å². The van der Waals surface area contributed by atoms with E-state index in [0.29, 0.717) is 17.0 Å². The van der Waals surface area contributed by atoms with E-state index >= 15 is 0 Å². The van der Waals surface area contributed by atoms with Gasteiger partial charge in [-0.15, -0.1) is 0 Å². The fraction of sp³-hybridized carbons (Fsp3) is 1.00. The van der Waals surface area contributed by atoms with E-state index < -0.39 is 0 Å². The van der Waals surface area contributed by atoms with Crippen LogP contribution in [0, 0.1) is 11.8 Å². The van der Waals surface area contributed by atoms with Crippen LogP contribution in [0.3, 0.4) is 0 Å². The molecule has 6 atom stereocenters. The monoisotopic (exact) mass is 290 g/mol. The van der Waals surface area contributed by atoms with E-state index in [1.165, 1.54) is 19.3 Å². The Bertz CT molecular complexity index is 234. The normalized spacial score (nSPS) is 48.8. The molecule has 0 spiro atoms. The summed E-state index contributed by atoms with van der Waals surface area (Å²) in [5.41, 5.74) is 0. The molecular formula is C13H23BrO2. The molecule has 2 nitrogen and oxygen atoms in total. The molecule has 3 heteroatoms. The van der Waals surface area contributed by atoms with Crippen molar-refractivity contribution >= 4 is 15.9 Å². The summed E-state index contributed by atoms with van der Waals surface area (Å²) in [6, 6.07) is 0. The molecule has 0 aromatic heterocycles. The molecule has 0 aromatic carbocycles. The van der Waals surface area contributed by atoms with Gasteiger partial charge in [-0.2, -0.15) is 0 Å². The molecule has 2 aliphatic carbocycles. The van der Waals surface area contributed by atoms with Crippen molar-refractivity contribution in [2.45, 2.75) is 62.7 Å². The van der Waals surface area contributed by atoms with Crippen LogP contribution in [0.1, 0.15) is 39.5 Å². The second-order valence-electron chi connectivity index (χ2n) is 5.52. The highest BCUT2D eigenvalue weighted by Gasteiger charge is 2.42. The topological polar surface area (TPSA) is 18.5 Å². The minimum absolute atomic E-state index is 0.259. The molecule has 0 bridgehead atoms. The number of hydrogen-bond acceptors (Lipinski definition) is 2. The van der Waals surface area contributed by atoms with E-state index in [-0.39, 0.29) is 6.10 Å². The van der Waals surface area contributed by atoms with Crippen molar-refractivity contribution in [1.82, 2.24) is 0 Å². The van der Waals surface area contributed by atoms with Crippen LogP contribution < -0.4 is 0 Å². The Kier molecular flexibility index (Phi) is 4.31.